The molecule has 0 aliphatic carbocycles. The van der Waals surface area contributed by atoms with Crippen LogP contribution in [0.2, 0.25) is 0 Å². The predicted octanol–water partition coefficient (Wildman–Crippen LogP) is 1.96. The Morgan fingerprint density at radius 1 is 1.45 bits per heavy atom. The number of nitrogens with zero attached hydrogens (tertiary/aromatic N) is 2. The van der Waals surface area contributed by atoms with Gasteiger partial charge in [0.15, 0.2) is 0 Å². The molecule has 0 aromatic heterocycles. The monoisotopic (exact) mass is 307 g/mol. The zero-order valence-electron chi connectivity index (χ0n) is 12.9. The van der Waals surface area contributed by atoms with Crippen molar-refractivity contribution in [1.82, 2.24) is 5.32 Å². The number of nitro groups is 1. The minimum atomic E-state index is -0.440. The van der Waals surface area contributed by atoms with Gasteiger partial charge in [-0.25, -0.2) is 0 Å². The van der Waals surface area contributed by atoms with Gasteiger partial charge in [0, 0.05) is 30.8 Å². The number of morpholine rings is 1. The zero-order valence-corrected chi connectivity index (χ0v) is 12.9. The largest absolute Gasteiger partial charge is 0.378 e. The Bertz CT molecular complexity index is 556. The van der Waals surface area contributed by atoms with Crippen molar-refractivity contribution in [1.29, 1.82) is 0 Å². The lowest BCUT2D eigenvalue weighted by Crippen LogP contribution is -2.36. The smallest absolute Gasteiger partial charge is 0.293 e. The second kappa shape index (κ2) is 7.22. The molecule has 1 aliphatic heterocycles. The number of benzene rings is 1. The van der Waals surface area contributed by atoms with Gasteiger partial charge in [0.2, 0.25) is 0 Å². The van der Waals surface area contributed by atoms with E-state index < -0.39 is 4.92 Å². The van der Waals surface area contributed by atoms with Crippen molar-refractivity contribution in [3.8, 4) is 0 Å². The number of amides is 1. The summed E-state index contributed by atoms with van der Waals surface area (Å²) in [6, 6.07) is 4.66. The number of hydrogen-bond donors (Lipinski definition) is 1. The maximum Gasteiger partial charge on any atom is 0.293 e. The van der Waals surface area contributed by atoms with E-state index >= 15 is 0 Å². The minimum absolute atomic E-state index is 0.0328. The highest BCUT2D eigenvalue weighted by Gasteiger charge is 2.23. The molecule has 1 heterocycles. The van der Waals surface area contributed by atoms with Gasteiger partial charge in [-0.3, -0.25) is 14.9 Å². The number of carbonyl (C=O) groups excluding carboxylic acids is 1. The summed E-state index contributed by atoms with van der Waals surface area (Å²) in [5, 5.41) is 14.1. The average molecular weight is 307 g/mol. The van der Waals surface area contributed by atoms with Gasteiger partial charge >= 0.3 is 0 Å². The maximum absolute atomic E-state index is 12.1. The summed E-state index contributed by atoms with van der Waals surface area (Å²) in [4.78, 5) is 24.9. The average Bonchev–Trinajstić information content (AvgIpc) is 2.54. The summed E-state index contributed by atoms with van der Waals surface area (Å²) in [5.41, 5.74) is 0.802. The lowest BCUT2D eigenvalue weighted by Gasteiger charge is -2.28. The first-order valence-corrected chi connectivity index (χ1v) is 7.45. The first-order valence-electron chi connectivity index (χ1n) is 7.45. The lowest BCUT2D eigenvalue weighted by atomic mass is 10.1. The van der Waals surface area contributed by atoms with Crippen molar-refractivity contribution >= 4 is 17.3 Å². The highest BCUT2D eigenvalue weighted by atomic mass is 16.6. The molecular weight excluding hydrogens is 286 g/mol. The maximum atomic E-state index is 12.1. The fraction of sp³-hybridized carbons (Fsp3) is 0.533. The number of nitro benzene ring substituents is 1. The van der Waals surface area contributed by atoms with Crippen LogP contribution in [0.25, 0.3) is 0 Å². The standard InChI is InChI=1S/C15H21N3O4/c1-3-11(2)16-15(19)12-4-5-13(14(10-12)18(20)21)17-6-8-22-9-7-17/h4-5,10-11H,3,6-9H2,1-2H3,(H,16,19). The van der Waals surface area contributed by atoms with E-state index in [1.165, 1.54) is 6.07 Å². The van der Waals surface area contributed by atoms with Crippen LogP contribution in [-0.4, -0.2) is 43.2 Å². The zero-order chi connectivity index (χ0) is 16.1. The Kier molecular flexibility index (Phi) is 5.32. The van der Waals surface area contributed by atoms with E-state index in [9.17, 15) is 14.9 Å². The molecule has 1 atom stereocenters. The van der Waals surface area contributed by atoms with Crippen LogP contribution in [0, 0.1) is 10.1 Å². The van der Waals surface area contributed by atoms with Gasteiger partial charge < -0.3 is 15.0 Å². The van der Waals surface area contributed by atoms with Gasteiger partial charge in [0.1, 0.15) is 5.69 Å². The fourth-order valence-electron chi connectivity index (χ4n) is 2.29. The van der Waals surface area contributed by atoms with Crippen LogP contribution in [0.4, 0.5) is 11.4 Å². The molecule has 1 aliphatic rings. The Hall–Kier alpha value is -2.15. The van der Waals surface area contributed by atoms with Crippen LogP contribution in [0.3, 0.4) is 0 Å². The molecule has 2 rings (SSSR count). The van der Waals surface area contributed by atoms with Gasteiger partial charge in [0.05, 0.1) is 18.1 Å². The van der Waals surface area contributed by atoms with Gasteiger partial charge in [-0.15, -0.1) is 0 Å². The molecule has 1 fully saturated rings. The van der Waals surface area contributed by atoms with Crippen molar-refractivity contribution in [3.05, 3.63) is 33.9 Å². The molecule has 7 heteroatoms. The quantitative estimate of drug-likeness (QED) is 0.664. The van der Waals surface area contributed by atoms with Gasteiger partial charge in [-0.1, -0.05) is 6.92 Å². The van der Waals surface area contributed by atoms with Crippen molar-refractivity contribution in [2.75, 3.05) is 31.2 Å². The summed E-state index contributed by atoms with van der Waals surface area (Å²) in [5.74, 6) is -0.286. The molecule has 1 aromatic rings. The van der Waals surface area contributed by atoms with Crippen LogP contribution < -0.4 is 10.2 Å². The molecular formula is C15H21N3O4. The Labute approximate surface area is 129 Å². The number of carbonyl (C=O) groups is 1. The fourth-order valence-corrected chi connectivity index (χ4v) is 2.29. The number of rotatable bonds is 5. The predicted molar refractivity (Wildman–Crippen MR) is 83.3 cm³/mol. The molecule has 1 amide bonds. The van der Waals surface area contributed by atoms with Gasteiger partial charge in [-0.2, -0.15) is 0 Å². The highest BCUT2D eigenvalue weighted by molar-refractivity contribution is 5.96. The third kappa shape index (κ3) is 3.73. The summed E-state index contributed by atoms with van der Waals surface area (Å²) in [7, 11) is 0. The van der Waals surface area contributed by atoms with E-state index in [-0.39, 0.29) is 17.6 Å². The van der Waals surface area contributed by atoms with E-state index in [4.69, 9.17) is 4.74 Å². The van der Waals surface area contributed by atoms with Crippen molar-refractivity contribution in [2.24, 2.45) is 0 Å². The number of hydrogen-bond acceptors (Lipinski definition) is 5. The molecule has 0 spiro atoms. The first kappa shape index (κ1) is 16.2. The molecule has 1 aromatic carbocycles. The van der Waals surface area contributed by atoms with Crippen molar-refractivity contribution < 1.29 is 14.5 Å². The number of anilines is 1. The van der Waals surface area contributed by atoms with Crippen LogP contribution in [0.15, 0.2) is 18.2 Å². The van der Waals surface area contributed by atoms with Gasteiger partial charge in [-0.05, 0) is 25.5 Å². The Morgan fingerprint density at radius 2 is 2.14 bits per heavy atom. The van der Waals surface area contributed by atoms with Crippen LogP contribution in [0.5, 0.6) is 0 Å². The summed E-state index contributed by atoms with van der Waals surface area (Å²) < 4.78 is 5.26. The number of nitrogens with one attached hydrogen (secondary N) is 1. The molecule has 1 saturated heterocycles. The van der Waals surface area contributed by atoms with E-state index in [1.807, 2.05) is 18.7 Å². The molecule has 120 valence electrons. The van der Waals surface area contributed by atoms with E-state index in [0.717, 1.165) is 6.42 Å². The van der Waals surface area contributed by atoms with Crippen molar-refractivity contribution in [2.45, 2.75) is 26.3 Å². The molecule has 1 N–H and O–H groups in total. The summed E-state index contributed by atoms with van der Waals surface area (Å²) in [6.45, 7) is 6.18. The van der Waals surface area contributed by atoms with Crippen LogP contribution in [0.1, 0.15) is 30.6 Å². The van der Waals surface area contributed by atoms with E-state index in [0.29, 0.717) is 37.6 Å². The van der Waals surface area contributed by atoms with Crippen molar-refractivity contribution in [3.63, 3.8) is 0 Å². The van der Waals surface area contributed by atoms with E-state index in [1.54, 1.807) is 12.1 Å². The first-order chi connectivity index (χ1) is 10.5. The second-order valence-electron chi connectivity index (χ2n) is 5.34. The summed E-state index contributed by atoms with van der Waals surface area (Å²) >= 11 is 0. The third-order valence-corrected chi connectivity index (χ3v) is 3.78. The highest BCUT2D eigenvalue weighted by Crippen LogP contribution is 2.29. The lowest BCUT2D eigenvalue weighted by molar-refractivity contribution is -0.384. The molecule has 0 radical (unpaired) electrons. The molecule has 7 nitrogen and oxygen atoms in total. The minimum Gasteiger partial charge on any atom is -0.378 e. The normalized spacial score (nSPS) is 16.2. The molecule has 0 bridgehead atoms. The topological polar surface area (TPSA) is 84.7 Å². The molecule has 0 saturated carbocycles. The Balaban J connectivity index is 2.26. The third-order valence-electron chi connectivity index (χ3n) is 3.78. The second-order valence-corrected chi connectivity index (χ2v) is 5.34. The number of ether oxygens (including phenoxy) is 1. The molecule has 1 unspecified atom stereocenters. The van der Waals surface area contributed by atoms with Crippen LogP contribution >= 0.6 is 0 Å². The summed E-state index contributed by atoms with van der Waals surface area (Å²) in [6.07, 6.45) is 0.805. The molecule has 22 heavy (non-hydrogen) atoms. The SMILES string of the molecule is CCC(C)NC(=O)c1ccc(N2CCOCC2)c([N+](=O)[O-])c1. The van der Waals surface area contributed by atoms with E-state index in [2.05, 4.69) is 5.32 Å². The van der Waals surface area contributed by atoms with Crippen LogP contribution in [-0.2, 0) is 4.74 Å². The van der Waals surface area contributed by atoms with Gasteiger partial charge in [0.25, 0.3) is 11.6 Å². The Morgan fingerprint density at radius 3 is 2.73 bits per heavy atom.